The van der Waals surface area contributed by atoms with Crippen molar-refractivity contribution in [2.75, 3.05) is 6.61 Å². The predicted molar refractivity (Wildman–Crippen MR) is 114 cm³/mol. The number of halogens is 1. The largest absolute Gasteiger partial charge is 0.484 e. The number of hydrazone groups is 1. The van der Waals surface area contributed by atoms with Crippen LogP contribution in [0.4, 0.5) is 0 Å². The van der Waals surface area contributed by atoms with E-state index >= 15 is 0 Å². The highest BCUT2D eigenvalue weighted by Gasteiger charge is 2.06. The second kappa shape index (κ2) is 9.72. The molecule has 28 heavy (non-hydrogen) atoms. The fraction of sp³-hybridized carbons (Fsp3) is 0.130. The second-order valence-electron chi connectivity index (χ2n) is 6.14. The molecule has 1 N–H and O–H groups in total. The van der Waals surface area contributed by atoms with E-state index in [4.69, 9.17) is 16.3 Å². The Morgan fingerprint density at radius 2 is 1.68 bits per heavy atom. The van der Waals surface area contributed by atoms with Gasteiger partial charge in [-0.1, -0.05) is 79.2 Å². The van der Waals surface area contributed by atoms with E-state index in [0.29, 0.717) is 17.2 Å². The number of nitrogens with zero attached hydrogens (tertiary/aromatic N) is 1. The molecule has 3 aromatic carbocycles. The van der Waals surface area contributed by atoms with E-state index < -0.39 is 0 Å². The van der Waals surface area contributed by atoms with Crippen molar-refractivity contribution in [2.45, 2.75) is 13.3 Å². The highest BCUT2D eigenvalue weighted by Crippen LogP contribution is 2.20. The molecular formula is C23H21ClN2O2. The van der Waals surface area contributed by atoms with Gasteiger partial charge in [-0.3, -0.25) is 4.79 Å². The van der Waals surface area contributed by atoms with E-state index in [0.717, 1.165) is 22.4 Å². The van der Waals surface area contributed by atoms with Crippen LogP contribution in [0.1, 0.15) is 18.9 Å². The summed E-state index contributed by atoms with van der Waals surface area (Å²) in [4.78, 5) is 12.0. The fourth-order valence-corrected chi connectivity index (χ4v) is 2.88. The van der Waals surface area contributed by atoms with E-state index in [1.54, 1.807) is 24.3 Å². The maximum atomic E-state index is 12.0. The van der Waals surface area contributed by atoms with Crippen LogP contribution < -0.4 is 10.2 Å². The Balaban J connectivity index is 1.60. The van der Waals surface area contributed by atoms with Crippen LogP contribution in [0, 0.1) is 0 Å². The molecule has 0 heterocycles. The summed E-state index contributed by atoms with van der Waals surface area (Å²) in [6.07, 6.45) is 0.695. The lowest BCUT2D eigenvalue weighted by atomic mass is 10.0. The molecule has 5 heteroatoms. The van der Waals surface area contributed by atoms with Crippen molar-refractivity contribution in [1.82, 2.24) is 5.43 Å². The summed E-state index contributed by atoms with van der Waals surface area (Å²) < 4.78 is 5.42. The number of carbonyl (C=O) groups is 1. The van der Waals surface area contributed by atoms with Gasteiger partial charge in [0.2, 0.25) is 0 Å². The summed E-state index contributed by atoms with van der Waals surface area (Å²) >= 11 is 5.90. The molecule has 0 unspecified atom stereocenters. The van der Waals surface area contributed by atoms with Crippen LogP contribution in [0.2, 0.25) is 5.02 Å². The number of rotatable bonds is 7. The summed E-state index contributed by atoms with van der Waals surface area (Å²) in [5.41, 5.74) is 6.63. The molecular weight excluding hydrogens is 372 g/mol. The third-order valence-electron chi connectivity index (χ3n) is 4.14. The Morgan fingerprint density at radius 3 is 2.36 bits per heavy atom. The number of nitrogens with one attached hydrogen (secondary N) is 1. The lowest BCUT2D eigenvalue weighted by molar-refractivity contribution is -0.123. The van der Waals surface area contributed by atoms with Crippen LogP contribution in [-0.4, -0.2) is 18.2 Å². The molecule has 142 valence electrons. The molecule has 0 aliphatic heterocycles. The number of ether oxygens (including phenoxy) is 1. The third kappa shape index (κ3) is 5.44. The van der Waals surface area contributed by atoms with Crippen molar-refractivity contribution in [3.63, 3.8) is 0 Å². The van der Waals surface area contributed by atoms with Crippen molar-refractivity contribution >= 4 is 23.2 Å². The Labute approximate surface area is 169 Å². The summed E-state index contributed by atoms with van der Waals surface area (Å²) in [5, 5.41) is 4.81. The Bertz CT molecular complexity index is 954. The lowest BCUT2D eigenvalue weighted by Crippen LogP contribution is -2.26. The van der Waals surface area contributed by atoms with E-state index in [1.165, 1.54) is 0 Å². The third-order valence-corrected chi connectivity index (χ3v) is 4.38. The van der Waals surface area contributed by atoms with Crippen molar-refractivity contribution in [3.8, 4) is 16.9 Å². The maximum Gasteiger partial charge on any atom is 0.277 e. The minimum atomic E-state index is -0.327. The minimum absolute atomic E-state index is 0.131. The van der Waals surface area contributed by atoms with Crippen LogP contribution in [0.3, 0.4) is 0 Å². The molecule has 3 aromatic rings. The molecule has 0 radical (unpaired) electrons. The maximum absolute atomic E-state index is 12.0. The van der Waals surface area contributed by atoms with Crippen LogP contribution in [0.25, 0.3) is 11.1 Å². The normalized spacial score (nSPS) is 11.1. The zero-order chi connectivity index (χ0) is 19.8. The van der Waals surface area contributed by atoms with E-state index in [1.807, 2.05) is 37.3 Å². The summed E-state index contributed by atoms with van der Waals surface area (Å²) in [6, 6.07) is 25.2. The van der Waals surface area contributed by atoms with E-state index in [2.05, 4.69) is 34.8 Å². The lowest BCUT2D eigenvalue weighted by Gasteiger charge is -2.08. The van der Waals surface area contributed by atoms with Gasteiger partial charge in [0.05, 0.1) is 5.71 Å². The van der Waals surface area contributed by atoms with Crippen LogP contribution >= 0.6 is 11.6 Å². The molecule has 1 amide bonds. The van der Waals surface area contributed by atoms with Gasteiger partial charge in [-0.25, -0.2) is 5.43 Å². The number of carbonyl (C=O) groups excluding carboxylic acids is 1. The smallest absolute Gasteiger partial charge is 0.277 e. The van der Waals surface area contributed by atoms with Crippen molar-refractivity contribution < 1.29 is 9.53 Å². The molecule has 4 nitrogen and oxygen atoms in total. The minimum Gasteiger partial charge on any atom is -0.484 e. The summed E-state index contributed by atoms with van der Waals surface area (Å²) in [7, 11) is 0. The zero-order valence-corrected chi connectivity index (χ0v) is 16.3. The highest BCUT2D eigenvalue weighted by atomic mass is 35.5. The quantitative estimate of drug-likeness (QED) is 0.437. The summed E-state index contributed by atoms with van der Waals surface area (Å²) in [6.45, 7) is 1.87. The standard InChI is InChI=1S/C23H21ClN2O2/c1-2-22(19-13-11-18(12-14-19)17-7-4-3-5-8-17)25-26-23(27)16-28-21-10-6-9-20(24)15-21/h3-15H,2,16H2,1H3,(H,26,27)/b25-22+. The number of hydrogen-bond acceptors (Lipinski definition) is 3. The van der Waals surface area contributed by atoms with E-state index in [9.17, 15) is 4.79 Å². The first kappa shape index (κ1) is 19.6. The Morgan fingerprint density at radius 1 is 0.964 bits per heavy atom. The summed E-state index contributed by atoms with van der Waals surface area (Å²) in [5.74, 6) is 0.214. The molecule has 0 atom stereocenters. The molecule has 0 spiro atoms. The predicted octanol–water partition coefficient (Wildman–Crippen LogP) is 5.32. The molecule has 0 saturated carbocycles. The number of benzene rings is 3. The van der Waals surface area contributed by atoms with Gasteiger partial charge in [-0.15, -0.1) is 0 Å². The fourth-order valence-electron chi connectivity index (χ4n) is 2.70. The van der Waals surface area contributed by atoms with E-state index in [-0.39, 0.29) is 12.5 Å². The second-order valence-corrected chi connectivity index (χ2v) is 6.57. The van der Waals surface area contributed by atoms with Gasteiger partial charge in [0.15, 0.2) is 6.61 Å². The molecule has 0 aromatic heterocycles. The SMILES string of the molecule is CC/C(=N\NC(=O)COc1cccc(Cl)c1)c1ccc(-c2ccccc2)cc1. The number of hydrogen-bond donors (Lipinski definition) is 1. The van der Waals surface area contributed by atoms with Gasteiger partial charge in [0.25, 0.3) is 5.91 Å². The zero-order valence-electron chi connectivity index (χ0n) is 15.6. The Hall–Kier alpha value is -3.11. The molecule has 0 aliphatic rings. The molecule has 0 bridgehead atoms. The van der Waals surface area contributed by atoms with Gasteiger partial charge >= 0.3 is 0 Å². The highest BCUT2D eigenvalue weighted by molar-refractivity contribution is 6.30. The van der Waals surface area contributed by atoms with Gasteiger partial charge in [0.1, 0.15) is 5.75 Å². The monoisotopic (exact) mass is 392 g/mol. The molecule has 3 rings (SSSR count). The van der Waals surface area contributed by atoms with Crippen molar-refractivity contribution in [3.05, 3.63) is 89.4 Å². The first-order valence-corrected chi connectivity index (χ1v) is 9.43. The van der Waals surface area contributed by atoms with Gasteiger partial charge in [-0.2, -0.15) is 5.10 Å². The first-order valence-electron chi connectivity index (χ1n) is 9.05. The van der Waals surface area contributed by atoms with Crippen LogP contribution in [0.5, 0.6) is 5.75 Å². The number of amides is 1. The topological polar surface area (TPSA) is 50.7 Å². The van der Waals surface area contributed by atoms with Gasteiger partial charge in [0, 0.05) is 5.02 Å². The average Bonchev–Trinajstić information content (AvgIpc) is 2.74. The molecule has 0 aliphatic carbocycles. The Kier molecular flexibility index (Phi) is 6.82. The average molecular weight is 393 g/mol. The van der Waals surface area contributed by atoms with Gasteiger partial charge in [-0.05, 0) is 41.3 Å². The van der Waals surface area contributed by atoms with Crippen molar-refractivity contribution in [2.24, 2.45) is 5.10 Å². The molecule has 0 saturated heterocycles. The van der Waals surface area contributed by atoms with Crippen molar-refractivity contribution in [1.29, 1.82) is 0 Å². The van der Waals surface area contributed by atoms with Crippen LogP contribution in [-0.2, 0) is 4.79 Å². The van der Waals surface area contributed by atoms with Gasteiger partial charge < -0.3 is 4.74 Å². The van der Waals surface area contributed by atoms with Crippen LogP contribution in [0.15, 0.2) is 84.0 Å². The molecule has 0 fully saturated rings. The first-order chi connectivity index (χ1) is 13.7.